The Morgan fingerprint density at radius 1 is 1.00 bits per heavy atom. The molecule has 0 aromatic heterocycles. The molecule has 0 atom stereocenters. The Kier molecular flexibility index (Phi) is 6.47. The monoisotopic (exact) mass is 478 g/mol. The Labute approximate surface area is 200 Å². The van der Waals surface area contributed by atoms with Crippen molar-refractivity contribution in [1.29, 1.82) is 0 Å². The van der Waals surface area contributed by atoms with Gasteiger partial charge < -0.3 is 4.74 Å². The lowest BCUT2D eigenvalue weighted by atomic mass is 10.0. The first-order valence-electron chi connectivity index (χ1n) is 10.4. The SMILES string of the molecule is Cc1ccc(N2C(=O)NC(=O)/C(=C\c3cc(Cl)ccc3OCc3ccc(F)cc3)C2=O)c(C)c1. The molecular formula is C26H20ClFN2O4. The van der Waals surface area contributed by atoms with Gasteiger partial charge in [-0.05, 0) is 67.4 Å². The molecule has 0 radical (unpaired) electrons. The predicted octanol–water partition coefficient (Wildman–Crippen LogP) is 5.34. The van der Waals surface area contributed by atoms with Crippen LogP contribution in [0.4, 0.5) is 14.9 Å². The molecule has 0 bridgehead atoms. The number of ether oxygens (including phenoxy) is 1. The zero-order valence-corrected chi connectivity index (χ0v) is 19.2. The summed E-state index contributed by atoms with van der Waals surface area (Å²) in [6, 6.07) is 15.1. The van der Waals surface area contributed by atoms with E-state index >= 15 is 0 Å². The number of barbiturate groups is 1. The number of nitrogens with one attached hydrogen (secondary N) is 1. The molecule has 1 aliphatic heterocycles. The summed E-state index contributed by atoms with van der Waals surface area (Å²) in [5.74, 6) is -1.58. The van der Waals surface area contributed by atoms with Gasteiger partial charge in [0.25, 0.3) is 11.8 Å². The summed E-state index contributed by atoms with van der Waals surface area (Å²) in [7, 11) is 0. The van der Waals surface area contributed by atoms with Crippen molar-refractivity contribution in [3.05, 3.63) is 99.3 Å². The van der Waals surface area contributed by atoms with Crippen molar-refractivity contribution in [2.24, 2.45) is 0 Å². The van der Waals surface area contributed by atoms with Crippen molar-refractivity contribution in [2.75, 3.05) is 4.90 Å². The molecule has 3 aromatic rings. The normalized spacial score (nSPS) is 15.0. The van der Waals surface area contributed by atoms with Crippen molar-refractivity contribution >= 4 is 41.2 Å². The van der Waals surface area contributed by atoms with Gasteiger partial charge in [-0.3, -0.25) is 14.9 Å². The Balaban J connectivity index is 1.68. The standard InChI is InChI=1S/C26H20ClFN2O4/c1-15-3-9-22(16(2)11-15)30-25(32)21(24(31)29-26(30)33)13-18-12-19(27)6-10-23(18)34-14-17-4-7-20(28)8-5-17/h3-13H,14H2,1-2H3,(H,29,31,33)/b21-13+. The van der Waals surface area contributed by atoms with E-state index in [1.165, 1.54) is 18.2 Å². The van der Waals surface area contributed by atoms with Crippen LogP contribution in [0.2, 0.25) is 5.02 Å². The lowest BCUT2D eigenvalue weighted by Gasteiger charge is -2.27. The second-order valence-corrected chi connectivity index (χ2v) is 8.28. The molecule has 8 heteroatoms. The topological polar surface area (TPSA) is 75.7 Å². The second-order valence-electron chi connectivity index (χ2n) is 7.85. The predicted molar refractivity (Wildman–Crippen MR) is 127 cm³/mol. The average Bonchev–Trinajstić information content (AvgIpc) is 2.78. The summed E-state index contributed by atoms with van der Waals surface area (Å²) in [5.41, 5.74) is 2.93. The Hall–Kier alpha value is -3.97. The van der Waals surface area contributed by atoms with E-state index in [1.54, 1.807) is 49.4 Å². The fraction of sp³-hybridized carbons (Fsp3) is 0.115. The van der Waals surface area contributed by atoms with Crippen LogP contribution in [-0.4, -0.2) is 17.8 Å². The number of carbonyl (C=O) groups excluding carboxylic acids is 3. The van der Waals surface area contributed by atoms with Gasteiger partial charge in [-0.2, -0.15) is 0 Å². The van der Waals surface area contributed by atoms with Crippen LogP contribution in [-0.2, 0) is 16.2 Å². The molecule has 0 aliphatic carbocycles. The minimum Gasteiger partial charge on any atom is -0.488 e. The highest BCUT2D eigenvalue weighted by atomic mass is 35.5. The molecule has 1 heterocycles. The highest BCUT2D eigenvalue weighted by molar-refractivity contribution is 6.39. The first-order chi connectivity index (χ1) is 16.2. The first-order valence-corrected chi connectivity index (χ1v) is 10.8. The van der Waals surface area contributed by atoms with E-state index in [1.807, 2.05) is 13.0 Å². The van der Waals surface area contributed by atoms with Crippen LogP contribution in [0.1, 0.15) is 22.3 Å². The van der Waals surface area contributed by atoms with Crippen molar-refractivity contribution in [2.45, 2.75) is 20.5 Å². The number of benzene rings is 3. The number of anilines is 1. The zero-order valence-electron chi connectivity index (χ0n) is 18.4. The maximum atomic E-state index is 13.3. The molecular weight excluding hydrogens is 459 g/mol. The summed E-state index contributed by atoms with van der Waals surface area (Å²) in [5, 5.41) is 2.58. The van der Waals surface area contributed by atoms with Crippen LogP contribution in [0.15, 0.2) is 66.2 Å². The van der Waals surface area contributed by atoms with Crippen molar-refractivity contribution in [1.82, 2.24) is 5.32 Å². The second kappa shape index (κ2) is 9.49. The Bertz CT molecular complexity index is 1340. The molecule has 6 nitrogen and oxygen atoms in total. The van der Waals surface area contributed by atoms with Crippen LogP contribution in [0.5, 0.6) is 5.75 Å². The molecule has 4 rings (SSSR count). The van der Waals surface area contributed by atoms with Crippen LogP contribution in [0.25, 0.3) is 6.08 Å². The van der Waals surface area contributed by atoms with Gasteiger partial charge in [-0.15, -0.1) is 0 Å². The molecule has 4 amide bonds. The van der Waals surface area contributed by atoms with Crippen LogP contribution in [0, 0.1) is 19.7 Å². The fourth-order valence-electron chi connectivity index (χ4n) is 3.59. The molecule has 1 N–H and O–H groups in total. The first kappa shape index (κ1) is 23.2. The number of urea groups is 1. The highest BCUT2D eigenvalue weighted by Crippen LogP contribution is 2.29. The minimum absolute atomic E-state index is 0.130. The number of carbonyl (C=O) groups is 3. The van der Waals surface area contributed by atoms with Crippen molar-refractivity contribution < 1.29 is 23.5 Å². The largest absolute Gasteiger partial charge is 0.488 e. The number of nitrogens with zero attached hydrogens (tertiary/aromatic N) is 1. The van der Waals surface area contributed by atoms with Gasteiger partial charge in [0.05, 0.1) is 5.69 Å². The van der Waals surface area contributed by atoms with E-state index in [9.17, 15) is 18.8 Å². The van der Waals surface area contributed by atoms with Crippen molar-refractivity contribution in [3.8, 4) is 5.75 Å². The van der Waals surface area contributed by atoms with E-state index in [4.69, 9.17) is 16.3 Å². The highest BCUT2D eigenvalue weighted by Gasteiger charge is 2.37. The number of hydrogen-bond donors (Lipinski definition) is 1. The van der Waals surface area contributed by atoms with Crippen molar-refractivity contribution in [3.63, 3.8) is 0 Å². The van der Waals surface area contributed by atoms with Crippen LogP contribution < -0.4 is 15.0 Å². The molecule has 1 aliphatic rings. The van der Waals surface area contributed by atoms with E-state index in [0.717, 1.165) is 16.0 Å². The molecule has 172 valence electrons. The molecule has 0 spiro atoms. The van der Waals surface area contributed by atoms with Gasteiger partial charge in [0.15, 0.2) is 0 Å². The lowest BCUT2D eigenvalue weighted by molar-refractivity contribution is -0.122. The summed E-state index contributed by atoms with van der Waals surface area (Å²) < 4.78 is 19.0. The Morgan fingerprint density at radius 3 is 2.44 bits per heavy atom. The minimum atomic E-state index is -0.821. The lowest BCUT2D eigenvalue weighted by Crippen LogP contribution is -2.54. The van der Waals surface area contributed by atoms with Gasteiger partial charge in [0, 0.05) is 10.6 Å². The number of imide groups is 2. The average molecular weight is 479 g/mol. The van der Waals surface area contributed by atoms with Crippen LogP contribution in [0.3, 0.4) is 0 Å². The van der Waals surface area contributed by atoms with Gasteiger partial charge >= 0.3 is 6.03 Å². The van der Waals surface area contributed by atoms with E-state index in [2.05, 4.69) is 5.32 Å². The number of halogens is 2. The maximum absolute atomic E-state index is 13.3. The number of rotatable bonds is 5. The number of amides is 4. The molecule has 0 saturated carbocycles. The molecule has 34 heavy (non-hydrogen) atoms. The van der Waals surface area contributed by atoms with E-state index in [-0.39, 0.29) is 18.0 Å². The van der Waals surface area contributed by atoms with Gasteiger partial charge in [0.2, 0.25) is 0 Å². The summed E-state index contributed by atoms with van der Waals surface area (Å²) >= 11 is 6.15. The molecule has 0 unspecified atom stereocenters. The third kappa shape index (κ3) is 4.84. The zero-order chi connectivity index (χ0) is 24.4. The van der Waals surface area contributed by atoms with Crippen LogP contribution >= 0.6 is 11.6 Å². The molecule has 1 fully saturated rings. The maximum Gasteiger partial charge on any atom is 0.335 e. The summed E-state index contributed by atoms with van der Waals surface area (Å²) in [6.07, 6.45) is 1.34. The quantitative estimate of drug-likeness (QED) is 0.396. The molecule has 1 saturated heterocycles. The number of aryl methyl sites for hydroxylation is 2. The molecule has 3 aromatic carbocycles. The van der Waals surface area contributed by atoms with E-state index < -0.39 is 17.8 Å². The van der Waals surface area contributed by atoms with Gasteiger partial charge in [0.1, 0.15) is 23.7 Å². The fourth-order valence-corrected chi connectivity index (χ4v) is 3.77. The third-order valence-electron chi connectivity index (χ3n) is 5.27. The smallest absolute Gasteiger partial charge is 0.335 e. The summed E-state index contributed by atoms with van der Waals surface area (Å²) in [4.78, 5) is 39.3. The number of hydrogen-bond acceptors (Lipinski definition) is 4. The van der Waals surface area contributed by atoms with Gasteiger partial charge in [-0.1, -0.05) is 41.4 Å². The Morgan fingerprint density at radius 2 is 1.74 bits per heavy atom. The van der Waals surface area contributed by atoms with E-state index in [0.29, 0.717) is 27.6 Å². The summed E-state index contributed by atoms with van der Waals surface area (Å²) in [6.45, 7) is 3.81. The van der Waals surface area contributed by atoms with Gasteiger partial charge in [-0.25, -0.2) is 14.1 Å². The third-order valence-corrected chi connectivity index (χ3v) is 5.51.